The number of nitrogens with zero attached hydrogens (tertiary/aromatic N) is 1. The fraction of sp³-hybridized carbons (Fsp3) is 0.300. The van der Waals surface area contributed by atoms with E-state index in [-0.39, 0.29) is 18.4 Å². The molecule has 0 fully saturated rings. The van der Waals surface area contributed by atoms with E-state index in [0.717, 1.165) is 5.56 Å². The van der Waals surface area contributed by atoms with Crippen molar-refractivity contribution in [1.82, 2.24) is 4.90 Å². The van der Waals surface area contributed by atoms with Gasteiger partial charge in [-0.2, -0.15) is 0 Å². The zero-order valence-electron chi connectivity index (χ0n) is 15.5. The lowest BCUT2D eigenvalue weighted by atomic mass is 10.1. The molecule has 2 aromatic carbocycles. The summed E-state index contributed by atoms with van der Waals surface area (Å²) in [4.78, 5) is 25.6. The Morgan fingerprint density at radius 1 is 1.08 bits per heavy atom. The van der Waals surface area contributed by atoms with Crippen LogP contribution in [0.4, 0.5) is 5.69 Å². The van der Waals surface area contributed by atoms with Gasteiger partial charge >= 0.3 is 0 Å². The molecule has 0 heterocycles. The van der Waals surface area contributed by atoms with Crippen molar-refractivity contribution in [2.75, 3.05) is 32.6 Å². The SMILES string of the molecule is CCOc1cc(C)ccc1NC(=O)c1cccc(OCC(=O)N(C)C)c1. The minimum atomic E-state index is -0.279. The van der Waals surface area contributed by atoms with Crippen LogP contribution in [0.3, 0.4) is 0 Å². The first-order chi connectivity index (χ1) is 12.4. The Balaban J connectivity index is 2.10. The molecule has 0 unspecified atom stereocenters. The molecule has 138 valence electrons. The van der Waals surface area contributed by atoms with Crippen LogP contribution in [0, 0.1) is 6.92 Å². The Labute approximate surface area is 153 Å². The van der Waals surface area contributed by atoms with Gasteiger partial charge in [0.05, 0.1) is 12.3 Å². The topological polar surface area (TPSA) is 67.9 Å². The number of anilines is 1. The summed E-state index contributed by atoms with van der Waals surface area (Å²) in [5.74, 6) is 0.659. The monoisotopic (exact) mass is 356 g/mol. The highest BCUT2D eigenvalue weighted by Crippen LogP contribution is 2.26. The van der Waals surface area contributed by atoms with Crippen molar-refractivity contribution in [1.29, 1.82) is 0 Å². The third-order valence-corrected chi connectivity index (χ3v) is 3.64. The summed E-state index contributed by atoms with van der Waals surface area (Å²) < 4.78 is 11.0. The zero-order chi connectivity index (χ0) is 19.1. The largest absolute Gasteiger partial charge is 0.492 e. The van der Waals surface area contributed by atoms with Gasteiger partial charge < -0.3 is 19.7 Å². The molecule has 2 rings (SSSR count). The number of amides is 2. The van der Waals surface area contributed by atoms with Crippen molar-refractivity contribution in [3.8, 4) is 11.5 Å². The van der Waals surface area contributed by atoms with E-state index >= 15 is 0 Å². The summed E-state index contributed by atoms with van der Waals surface area (Å²) >= 11 is 0. The van der Waals surface area contributed by atoms with Crippen molar-refractivity contribution in [2.45, 2.75) is 13.8 Å². The van der Waals surface area contributed by atoms with E-state index in [4.69, 9.17) is 9.47 Å². The number of hydrogen-bond acceptors (Lipinski definition) is 4. The lowest BCUT2D eigenvalue weighted by Crippen LogP contribution is -2.27. The fourth-order valence-electron chi connectivity index (χ4n) is 2.20. The molecule has 26 heavy (non-hydrogen) atoms. The first kappa shape index (κ1) is 19.3. The van der Waals surface area contributed by atoms with E-state index in [1.54, 1.807) is 38.4 Å². The van der Waals surface area contributed by atoms with E-state index in [2.05, 4.69) is 5.32 Å². The molecule has 0 atom stereocenters. The molecular weight excluding hydrogens is 332 g/mol. The lowest BCUT2D eigenvalue weighted by molar-refractivity contribution is -0.130. The van der Waals surface area contributed by atoms with Gasteiger partial charge in [-0.15, -0.1) is 0 Å². The van der Waals surface area contributed by atoms with Crippen LogP contribution in [0.5, 0.6) is 11.5 Å². The number of rotatable bonds is 7. The second-order valence-electron chi connectivity index (χ2n) is 5.99. The number of ether oxygens (including phenoxy) is 2. The normalized spacial score (nSPS) is 10.2. The number of nitrogens with one attached hydrogen (secondary N) is 1. The zero-order valence-corrected chi connectivity index (χ0v) is 15.5. The van der Waals surface area contributed by atoms with Gasteiger partial charge in [0, 0.05) is 19.7 Å². The van der Waals surface area contributed by atoms with E-state index in [1.807, 2.05) is 32.0 Å². The smallest absolute Gasteiger partial charge is 0.259 e. The minimum absolute atomic E-state index is 0.0788. The maximum Gasteiger partial charge on any atom is 0.259 e. The molecular formula is C20H24N2O4. The summed E-state index contributed by atoms with van der Waals surface area (Å²) in [5.41, 5.74) is 2.09. The lowest BCUT2D eigenvalue weighted by Gasteiger charge is -2.13. The van der Waals surface area contributed by atoms with Gasteiger partial charge in [0.2, 0.25) is 0 Å². The van der Waals surface area contributed by atoms with Crippen molar-refractivity contribution in [3.05, 3.63) is 53.6 Å². The Morgan fingerprint density at radius 3 is 2.54 bits per heavy atom. The van der Waals surface area contributed by atoms with E-state index in [0.29, 0.717) is 29.4 Å². The van der Waals surface area contributed by atoms with Gasteiger partial charge in [-0.3, -0.25) is 9.59 Å². The van der Waals surface area contributed by atoms with Crippen LogP contribution in [0.25, 0.3) is 0 Å². The molecule has 1 N–H and O–H groups in total. The highest BCUT2D eigenvalue weighted by molar-refractivity contribution is 6.05. The molecule has 0 radical (unpaired) electrons. The Bertz CT molecular complexity index is 787. The van der Waals surface area contributed by atoms with Gasteiger partial charge in [0.25, 0.3) is 11.8 Å². The van der Waals surface area contributed by atoms with Crippen LogP contribution in [-0.4, -0.2) is 44.0 Å². The molecule has 0 aliphatic rings. The van der Waals surface area contributed by atoms with Crippen LogP contribution < -0.4 is 14.8 Å². The van der Waals surface area contributed by atoms with Crippen LogP contribution in [0.2, 0.25) is 0 Å². The quantitative estimate of drug-likeness (QED) is 0.828. The molecule has 0 saturated carbocycles. The Kier molecular flexibility index (Phi) is 6.60. The Morgan fingerprint density at radius 2 is 1.85 bits per heavy atom. The van der Waals surface area contributed by atoms with Crippen molar-refractivity contribution in [2.24, 2.45) is 0 Å². The highest BCUT2D eigenvalue weighted by Gasteiger charge is 2.12. The molecule has 0 aliphatic carbocycles. The average Bonchev–Trinajstić information content (AvgIpc) is 2.62. The van der Waals surface area contributed by atoms with Crippen molar-refractivity contribution in [3.63, 3.8) is 0 Å². The number of benzene rings is 2. The second-order valence-corrected chi connectivity index (χ2v) is 5.99. The van der Waals surface area contributed by atoms with Gasteiger partial charge in [-0.25, -0.2) is 0 Å². The predicted octanol–water partition coefficient (Wildman–Crippen LogP) is 3.11. The molecule has 6 nitrogen and oxygen atoms in total. The van der Waals surface area contributed by atoms with Crippen LogP contribution in [0.1, 0.15) is 22.8 Å². The predicted molar refractivity (Wildman–Crippen MR) is 101 cm³/mol. The van der Waals surface area contributed by atoms with Crippen LogP contribution in [0.15, 0.2) is 42.5 Å². The van der Waals surface area contributed by atoms with E-state index in [1.165, 1.54) is 4.90 Å². The summed E-state index contributed by atoms with van der Waals surface area (Å²) in [5, 5.41) is 2.85. The van der Waals surface area contributed by atoms with Crippen LogP contribution >= 0.6 is 0 Å². The number of likely N-dealkylation sites (N-methyl/N-ethyl adjacent to an activating group) is 1. The first-order valence-corrected chi connectivity index (χ1v) is 8.38. The Hall–Kier alpha value is -3.02. The average molecular weight is 356 g/mol. The fourth-order valence-corrected chi connectivity index (χ4v) is 2.20. The third kappa shape index (κ3) is 5.24. The maximum absolute atomic E-state index is 12.6. The molecule has 0 saturated heterocycles. The summed E-state index contributed by atoms with van der Waals surface area (Å²) in [6.45, 7) is 4.29. The van der Waals surface area contributed by atoms with E-state index < -0.39 is 0 Å². The molecule has 0 aromatic heterocycles. The molecule has 0 bridgehead atoms. The molecule has 2 aromatic rings. The second kappa shape index (κ2) is 8.89. The van der Waals surface area contributed by atoms with Gasteiger partial charge in [0.1, 0.15) is 11.5 Å². The number of carbonyl (C=O) groups excluding carboxylic acids is 2. The number of aryl methyl sites for hydroxylation is 1. The molecule has 2 amide bonds. The molecule has 6 heteroatoms. The van der Waals surface area contributed by atoms with Crippen molar-refractivity contribution >= 4 is 17.5 Å². The first-order valence-electron chi connectivity index (χ1n) is 8.38. The summed E-state index contributed by atoms with van der Waals surface area (Å²) in [7, 11) is 3.32. The van der Waals surface area contributed by atoms with Gasteiger partial charge in [-0.05, 0) is 49.7 Å². The highest BCUT2D eigenvalue weighted by atomic mass is 16.5. The van der Waals surface area contributed by atoms with E-state index in [9.17, 15) is 9.59 Å². The molecule has 0 spiro atoms. The van der Waals surface area contributed by atoms with Crippen molar-refractivity contribution < 1.29 is 19.1 Å². The van der Waals surface area contributed by atoms with Gasteiger partial charge in [0.15, 0.2) is 6.61 Å². The third-order valence-electron chi connectivity index (χ3n) is 3.64. The standard InChI is InChI=1S/C20H24N2O4/c1-5-25-18-11-14(2)9-10-17(18)21-20(24)15-7-6-8-16(12-15)26-13-19(23)22(3)4/h6-12H,5,13H2,1-4H3,(H,21,24). The van der Waals surface area contributed by atoms with Crippen LogP contribution in [-0.2, 0) is 4.79 Å². The number of carbonyl (C=O) groups is 2. The molecule has 0 aliphatic heterocycles. The summed E-state index contributed by atoms with van der Waals surface area (Å²) in [6.07, 6.45) is 0. The summed E-state index contributed by atoms with van der Waals surface area (Å²) in [6, 6.07) is 12.3. The maximum atomic E-state index is 12.6. The number of hydrogen-bond donors (Lipinski definition) is 1. The minimum Gasteiger partial charge on any atom is -0.492 e. The van der Waals surface area contributed by atoms with Gasteiger partial charge in [-0.1, -0.05) is 12.1 Å².